The summed E-state index contributed by atoms with van der Waals surface area (Å²) in [6.07, 6.45) is 0.722. The summed E-state index contributed by atoms with van der Waals surface area (Å²) in [6.45, 7) is 5.32. The van der Waals surface area contributed by atoms with Crippen LogP contribution in [0.25, 0.3) is 0 Å². The molecule has 0 saturated carbocycles. The summed E-state index contributed by atoms with van der Waals surface area (Å²) in [5, 5.41) is 3.84. The summed E-state index contributed by atoms with van der Waals surface area (Å²) in [5.74, 6) is -0.925. The molecule has 3 rings (SSSR count). The van der Waals surface area contributed by atoms with Gasteiger partial charge >= 0.3 is 0 Å². The zero-order valence-corrected chi connectivity index (χ0v) is 24.9. The van der Waals surface area contributed by atoms with E-state index in [4.69, 9.17) is 34.8 Å². The molecule has 0 saturated heterocycles. The lowest BCUT2D eigenvalue weighted by molar-refractivity contribution is -0.139. The van der Waals surface area contributed by atoms with E-state index in [1.165, 1.54) is 29.2 Å². The fourth-order valence-corrected chi connectivity index (χ4v) is 5.65. The lowest BCUT2D eigenvalue weighted by Gasteiger charge is -2.32. The number of carbonyl (C=O) groups excluding carboxylic acids is 2. The van der Waals surface area contributed by atoms with Crippen molar-refractivity contribution in [1.29, 1.82) is 0 Å². The van der Waals surface area contributed by atoms with Gasteiger partial charge in [-0.05, 0) is 74.4 Å². The van der Waals surface area contributed by atoms with Crippen LogP contribution in [0.5, 0.6) is 0 Å². The third-order valence-corrected chi connectivity index (χ3v) is 8.84. The van der Waals surface area contributed by atoms with Gasteiger partial charge in [-0.3, -0.25) is 13.9 Å². The van der Waals surface area contributed by atoms with Gasteiger partial charge in [0, 0.05) is 18.1 Å². The van der Waals surface area contributed by atoms with Crippen molar-refractivity contribution in [2.45, 2.75) is 44.7 Å². The summed E-state index contributed by atoms with van der Waals surface area (Å²) in [5.41, 5.74) is 1.87. The Labute approximate surface area is 244 Å². The zero-order chi connectivity index (χ0) is 28.7. The van der Waals surface area contributed by atoms with E-state index in [0.717, 1.165) is 16.3 Å². The second-order valence-electron chi connectivity index (χ2n) is 9.04. The van der Waals surface area contributed by atoms with E-state index in [1.807, 2.05) is 13.8 Å². The summed E-state index contributed by atoms with van der Waals surface area (Å²) in [4.78, 5) is 28.1. The maximum atomic E-state index is 13.9. The average Bonchev–Trinajstić information content (AvgIpc) is 2.91. The average molecular weight is 611 g/mol. The maximum absolute atomic E-state index is 13.9. The Hall–Kier alpha value is -2.78. The third-order valence-electron chi connectivity index (χ3n) is 6.06. The lowest BCUT2D eigenvalue weighted by atomic mass is 10.1. The van der Waals surface area contributed by atoms with E-state index in [1.54, 1.807) is 49.4 Å². The molecule has 0 unspecified atom stereocenters. The van der Waals surface area contributed by atoms with Gasteiger partial charge in [0.05, 0.1) is 20.6 Å². The number of rotatable bonds is 11. The number of sulfonamides is 1. The van der Waals surface area contributed by atoms with E-state index in [0.29, 0.717) is 32.9 Å². The first-order chi connectivity index (χ1) is 18.4. The Morgan fingerprint density at radius 1 is 0.923 bits per heavy atom. The van der Waals surface area contributed by atoms with Crippen LogP contribution in [0, 0.1) is 6.92 Å². The molecule has 11 heteroatoms. The predicted molar refractivity (Wildman–Crippen MR) is 157 cm³/mol. The third kappa shape index (κ3) is 7.88. The van der Waals surface area contributed by atoms with Crippen molar-refractivity contribution in [3.63, 3.8) is 0 Å². The fourth-order valence-electron chi connectivity index (χ4n) is 3.79. The maximum Gasteiger partial charge on any atom is 0.264 e. The van der Waals surface area contributed by atoms with Crippen molar-refractivity contribution in [1.82, 2.24) is 10.2 Å². The minimum atomic E-state index is -4.17. The minimum Gasteiger partial charge on any atom is -0.354 e. The first-order valence-electron chi connectivity index (χ1n) is 12.3. The lowest BCUT2D eigenvalue weighted by Crippen LogP contribution is -2.51. The number of benzene rings is 3. The van der Waals surface area contributed by atoms with Crippen LogP contribution in [0.1, 0.15) is 31.4 Å². The summed E-state index contributed by atoms with van der Waals surface area (Å²) >= 11 is 18.2. The molecule has 0 radical (unpaired) electrons. The van der Waals surface area contributed by atoms with Gasteiger partial charge in [0.1, 0.15) is 12.6 Å². The molecule has 1 atom stereocenters. The number of halogens is 3. The molecular formula is C28H30Cl3N3O4S. The van der Waals surface area contributed by atoms with Gasteiger partial charge in [-0.2, -0.15) is 0 Å². The van der Waals surface area contributed by atoms with Crippen LogP contribution in [0.15, 0.2) is 71.6 Å². The van der Waals surface area contributed by atoms with Gasteiger partial charge in [-0.25, -0.2) is 8.42 Å². The molecule has 0 bridgehead atoms. The number of nitrogens with zero attached hydrogens (tertiary/aromatic N) is 2. The molecule has 0 aliphatic rings. The number of anilines is 1. The fraction of sp³-hybridized carbons (Fsp3) is 0.286. The van der Waals surface area contributed by atoms with Crippen LogP contribution in [0.3, 0.4) is 0 Å². The van der Waals surface area contributed by atoms with Crippen molar-refractivity contribution in [3.8, 4) is 0 Å². The zero-order valence-electron chi connectivity index (χ0n) is 21.8. The number of amides is 2. The summed E-state index contributed by atoms with van der Waals surface area (Å²) in [6, 6.07) is 16.5. The smallest absolute Gasteiger partial charge is 0.264 e. The Morgan fingerprint density at radius 3 is 2.15 bits per heavy atom. The molecule has 208 valence electrons. The summed E-state index contributed by atoms with van der Waals surface area (Å²) < 4.78 is 28.6. The molecule has 0 heterocycles. The van der Waals surface area contributed by atoms with Crippen LogP contribution in [-0.2, 0) is 26.2 Å². The van der Waals surface area contributed by atoms with Crippen molar-refractivity contribution in [3.05, 3.63) is 92.9 Å². The second-order valence-corrected chi connectivity index (χ2v) is 12.2. The van der Waals surface area contributed by atoms with Crippen LogP contribution in [0.2, 0.25) is 15.1 Å². The second kappa shape index (κ2) is 13.5. The van der Waals surface area contributed by atoms with E-state index >= 15 is 0 Å². The highest BCUT2D eigenvalue weighted by Gasteiger charge is 2.32. The van der Waals surface area contributed by atoms with Crippen LogP contribution in [-0.4, -0.2) is 44.3 Å². The molecule has 3 aromatic rings. The number of carbonyl (C=O) groups is 2. The highest BCUT2D eigenvalue weighted by molar-refractivity contribution is 7.92. The topological polar surface area (TPSA) is 86.8 Å². The van der Waals surface area contributed by atoms with E-state index in [9.17, 15) is 18.0 Å². The van der Waals surface area contributed by atoms with Gasteiger partial charge in [-0.15, -0.1) is 0 Å². The van der Waals surface area contributed by atoms with Crippen molar-refractivity contribution >= 4 is 62.3 Å². The van der Waals surface area contributed by atoms with Crippen LogP contribution in [0.4, 0.5) is 5.69 Å². The number of hydrogen-bond acceptors (Lipinski definition) is 4. The standard InChI is InChI=1S/C28H30Cl3N3O4S/c1-4-15-32-28(36)20(3)33(17-21-7-14-25(30)26(31)16-21)27(35)18-34(23-10-5-19(2)6-11-23)39(37,38)24-12-8-22(29)9-13-24/h5-14,16,20H,4,15,17-18H2,1-3H3,(H,32,36)/t20-/m0/s1. The minimum absolute atomic E-state index is 0.0131. The van der Waals surface area contributed by atoms with Crippen LogP contribution < -0.4 is 9.62 Å². The van der Waals surface area contributed by atoms with E-state index in [-0.39, 0.29) is 17.3 Å². The Kier molecular flexibility index (Phi) is 10.7. The van der Waals surface area contributed by atoms with E-state index < -0.39 is 28.5 Å². The quantitative estimate of drug-likeness (QED) is 0.285. The molecule has 7 nitrogen and oxygen atoms in total. The van der Waals surface area contributed by atoms with Gasteiger partial charge in [0.2, 0.25) is 11.8 Å². The SMILES string of the molecule is CCCNC(=O)[C@H](C)N(Cc1ccc(Cl)c(Cl)c1)C(=O)CN(c1ccc(C)cc1)S(=O)(=O)c1ccc(Cl)cc1. The molecule has 0 aliphatic heterocycles. The Bertz CT molecular complexity index is 1410. The number of hydrogen-bond donors (Lipinski definition) is 1. The highest BCUT2D eigenvalue weighted by atomic mass is 35.5. The van der Waals surface area contributed by atoms with Crippen molar-refractivity contribution in [2.24, 2.45) is 0 Å². The monoisotopic (exact) mass is 609 g/mol. The molecule has 0 aliphatic carbocycles. The van der Waals surface area contributed by atoms with Crippen LogP contribution >= 0.6 is 34.8 Å². The molecule has 0 fully saturated rings. The Morgan fingerprint density at radius 2 is 1.56 bits per heavy atom. The highest BCUT2D eigenvalue weighted by Crippen LogP contribution is 2.27. The molecule has 39 heavy (non-hydrogen) atoms. The van der Waals surface area contributed by atoms with Gasteiger partial charge in [0.15, 0.2) is 0 Å². The van der Waals surface area contributed by atoms with E-state index in [2.05, 4.69) is 5.32 Å². The van der Waals surface area contributed by atoms with Crippen molar-refractivity contribution in [2.75, 3.05) is 17.4 Å². The summed E-state index contributed by atoms with van der Waals surface area (Å²) in [7, 11) is -4.17. The number of nitrogens with one attached hydrogen (secondary N) is 1. The largest absolute Gasteiger partial charge is 0.354 e. The normalized spacial score (nSPS) is 12.1. The molecule has 0 aromatic heterocycles. The first-order valence-corrected chi connectivity index (χ1v) is 14.9. The number of aryl methyl sites for hydroxylation is 1. The van der Waals surface area contributed by atoms with Crippen molar-refractivity contribution < 1.29 is 18.0 Å². The van der Waals surface area contributed by atoms with Gasteiger partial charge in [0.25, 0.3) is 10.0 Å². The molecule has 3 aromatic carbocycles. The molecular weight excluding hydrogens is 581 g/mol. The Balaban J connectivity index is 2.02. The van der Waals surface area contributed by atoms with Gasteiger partial charge in [-0.1, -0.05) is 65.5 Å². The predicted octanol–water partition coefficient (Wildman–Crippen LogP) is 6.09. The molecule has 1 N–H and O–H groups in total. The molecule has 2 amide bonds. The van der Waals surface area contributed by atoms with Gasteiger partial charge < -0.3 is 10.2 Å². The molecule has 0 spiro atoms. The first kappa shape index (κ1) is 30.8.